The van der Waals surface area contributed by atoms with E-state index in [1.54, 1.807) is 6.26 Å². The summed E-state index contributed by atoms with van der Waals surface area (Å²) in [6, 6.07) is 0. The highest BCUT2D eigenvalue weighted by Crippen LogP contribution is 2.43. The predicted molar refractivity (Wildman–Crippen MR) is 210 cm³/mol. The van der Waals surface area contributed by atoms with Crippen LogP contribution in [0.5, 0.6) is 0 Å². The van der Waals surface area contributed by atoms with Crippen LogP contribution in [0, 0.1) is 0 Å². The Morgan fingerprint density at radius 1 is 0.640 bits per heavy atom. The first-order valence-electron chi connectivity index (χ1n) is 19.5. The van der Waals surface area contributed by atoms with Crippen molar-refractivity contribution in [3.8, 4) is 0 Å². The smallest absolute Gasteiger partial charge is 0.472 e. The number of nitrogens with two attached hydrogens (primary N) is 1. The summed E-state index contributed by atoms with van der Waals surface area (Å²) >= 11 is 0. The standard InChI is InChI=1S/C41H72NO7P/c1-3-5-7-9-11-13-15-17-19-21-23-25-27-29-31-33-36-46-38-40(39-48-50(44,45)47-37-35-42)49-41(43)34-32-30-28-26-24-22-20-18-16-14-12-10-8-6-4-2/h6,8,12-15,18,20,24,26,33,36,40H,3-5,7,9-11,16-17,19,21-23,25,27-32,34-35,37-39,42H2,1-2H3,(H,44,45)/t40-/m1/s1. The van der Waals surface area contributed by atoms with Crippen LogP contribution in [0.3, 0.4) is 0 Å². The van der Waals surface area contributed by atoms with Crippen LogP contribution in [-0.2, 0) is 27.9 Å². The Bertz CT molecular complexity index is 989. The Kier molecular flexibility index (Phi) is 36.3. The maximum absolute atomic E-state index is 12.5. The third-order valence-electron chi connectivity index (χ3n) is 7.67. The number of unbranched alkanes of at least 4 members (excludes halogenated alkanes) is 13. The van der Waals surface area contributed by atoms with Crippen LogP contribution in [0.25, 0.3) is 0 Å². The second kappa shape index (κ2) is 38.0. The maximum atomic E-state index is 12.5. The Balaban J connectivity index is 4.24. The molecule has 0 rings (SSSR count). The fourth-order valence-electron chi connectivity index (χ4n) is 4.83. The van der Waals surface area contributed by atoms with Crippen LogP contribution in [0.4, 0.5) is 0 Å². The first kappa shape index (κ1) is 47.8. The van der Waals surface area contributed by atoms with Gasteiger partial charge in [0.1, 0.15) is 6.61 Å². The molecule has 0 bridgehead atoms. The van der Waals surface area contributed by atoms with Gasteiger partial charge in [0.2, 0.25) is 0 Å². The average Bonchev–Trinajstić information content (AvgIpc) is 3.10. The molecule has 0 fully saturated rings. The SMILES string of the molecule is CCC=CCC=CCC=CCC=CCCCCC(=O)O[C@H](COC=CCCCCCCCCC=CCCCCCC)COP(=O)(O)OCCN. The van der Waals surface area contributed by atoms with Crippen LogP contribution in [0.2, 0.25) is 0 Å². The lowest BCUT2D eigenvalue weighted by atomic mass is 10.1. The Labute approximate surface area is 305 Å². The van der Waals surface area contributed by atoms with E-state index < -0.39 is 19.9 Å². The van der Waals surface area contributed by atoms with E-state index in [-0.39, 0.29) is 32.8 Å². The zero-order valence-corrected chi connectivity index (χ0v) is 32.5. The van der Waals surface area contributed by atoms with Gasteiger partial charge in [-0.05, 0) is 89.5 Å². The molecule has 0 aromatic carbocycles. The van der Waals surface area contributed by atoms with Gasteiger partial charge in [-0.25, -0.2) is 4.57 Å². The van der Waals surface area contributed by atoms with E-state index in [0.717, 1.165) is 51.4 Å². The van der Waals surface area contributed by atoms with Crippen molar-refractivity contribution >= 4 is 13.8 Å². The van der Waals surface area contributed by atoms with Crippen LogP contribution in [0.15, 0.2) is 73.1 Å². The number of carbonyl (C=O) groups is 1. The summed E-state index contributed by atoms with van der Waals surface area (Å²) in [7, 11) is -4.30. The van der Waals surface area contributed by atoms with Crippen LogP contribution < -0.4 is 5.73 Å². The first-order valence-corrected chi connectivity index (χ1v) is 21.0. The second-order valence-electron chi connectivity index (χ2n) is 12.5. The molecule has 0 heterocycles. The second-order valence-corrected chi connectivity index (χ2v) is 13.9. The molecule has 1 unspecified atom stereocenters. The van der Waals surface area contributed by atoms with Crippen molar-refractivity contribution in [2.75, 3.05) is 26.4 Å². The van der Waals surface area contributed by atoms with Gasteiger partial charge in [-0.1, -0.05) is 120 Å². The number of phosphoric ester groups is 1. The zero-order valence-electron chi connectivity index (χ0n) is 31.6. The minimum absolute atomic E-state index is 0.00820. The molecule has 0 aliphatic rings. The molecule has 50 heavy (non-hydrogen) atoms. The molecule has 0 saturated carbocycles. The Morgan fingerprint density at radius 2 is 1.14 bits per heavy atom. The summed E-state index contributed by atoms with van der Waals surface area (Å²) in [6.45, 7) is 4.03. The summed E-state index contributed by atoms with van der Waals surface area (Å²) in [5.74, 6) is -0.398. The highest BCUT2D eigenvalue weighted by Gasteiger charge is 2.25. The van der Waals surface area contributed by atoms with E-state index in [2.05, 4.69) is 74.6 Å². The normalized spacial score (nSPS) is 14.3. The lowest BCUT2D eigenvalue weighted by Crippen LogP contribution is -2.27. The van der Waals surface area contributed by atoms with E-state index >= 15 is 0 Å². The molecule has 0 aliphatic carbocycles. The van der Waals surface area contributed by atoms with Crippen molar-refractivity contribution in [3.63, 3.8) is 0 Å². The molecular formula is C41H72NO7P. The lowest BCUT2D eigenvalue weighted by molar-refractivity contribution is -0.153. The monoisotopic (exact) mass is 722 g/mol. The largest absolute Gasteiger partial charge is 0.498 e. The number of esters is 1. The molecule has 0 radical (unpaired) electrons. The third-order valence-corrected chi connectivity index (χ3v) is 8.66. The Morgan fingerprint density at radius 3 is 1.72 bits per heavy atom. The molecule has 2 atom stereocenters. The summed E-state index contributed by atoms with van der Waals surface area (Å²) in [5, 5.41) is 0. The molecule has 0 amide bonds. The number of allylic oxidation sites excluding steroid dienone is 11. The van der Waals surface area contributed by atoms with Crippen molar-refractivity contribution in [3.05, 3.63) is 73.1 Å². The zero-order chi connectivity index (χ0) is 36.6. The first-order chi connectivity index (χ1) is 24.4. The third kappa shape index (κ3) is 37.0. The maximum Gasteiger partial charge on any atom is 0.472 e. The molecule has 0 spiro atoms. The molecule has 0 aromatic heterocycles. The topological polar surface area (TPSA) is 117 Å². The summed E-state index contributed by atoms with van der Waals surface area (Å²) in [4.78, 5) is 22.4. The lowest BCUT2D eigenvalue weighted by Gasteiger charge is -2.19. The number of hydrogen-bond donors (Lipinski definition) is 2. The number of hydrogen-bond acceptors (Lipinski definition) is 7. The molecule has 0 aromatic rings. The molecule has 3 N–H and O–H groups in total. The van der Waals surface area contributed by atoms with Gasteiger partial charge in [-0.15, -0.1) is 0 Å². The minimum Gasteiger partial charge on any atom is -0.498 e. The van der Waals surface area contributed by atoms with Crippen molar-refractivity contribution in [2.24, 2.45) is 5.73 Å². The van der Waals surface area contributed by atoms with Gasteiger partial charge in [0, 0.05) is 13.0 Å². The van der Waals surface area contributed by atoms with Gasteiger partial charge in [0.15, 0.2) is 6.10 Å². The van der Waals surface area contributed by atoms with Crippen molar-refractivity contribution in [1.29, 1.82) is 0 Å². The summed E-state index contributed by atoms with van der Waals surface area (Å²) in [6.07, 6.45) is 47.3. The van der Waals surface area contributed by atoms with Crippen LogP contribution in [0.1, 0.15) is 149 Å². The van der Waals surface area contributed by atoms with Crippen molar-refractivity contribution in [2.45, 2.75) is 155 Å². The number of ether oxygens (including phenoxy) is 2. The summed E-state index contributed by atoms with van der Waals surface area (Å²) in [5.41, 5.74) is 5.35. The van der Waals surface area contributed by atoms with Crippen molar-refractivity contribution < 1.29 is 32.8 Å². The van der Waals surface area contributed by atoms with Crippen molar-refractivity contribution in [1.82, 2.24) is 0 Å². The van der Waals surface area contributed by atoms with E-state index in [1.807, 2.05) is 6.08 Å². The molecule has 8 nitrogen and oxygen atoms in total. The van der Waals surface area contributed by atoms with Crippen LogP contribution >= 0.6 is 7.82 Å². The predicted octanol–water partition coefficient (Wildman–Crippen LogP) is 11.5. The highest BCUT2D eigenvalue weighted by atomic mass is 31.2. The molecule has 0 aliphatic heterocycles. The van der Waals surface area contributed by atoms with Gasteiger partial charge < -0.3 is 20.1 Å². The van der Waals surface area contributed by atoms with Gasteiger partial charge in [0.25, 0.3) is 0 Å². The highest BCUT2D eigenvalue weighted by molar-refractivity contribution is 7.47. The van der Waals surface area contributed by atoms with Gasteiger partial charge in [-0.3, -0.25) is 13.8 Å². The van der Waals surface area contributed by atoms with Crippen LogP contribution in [-0.4, -0.2) is 43.3 Å². The fraction of sp³-hybridized carbons (Fsp3) is 0.683. The summed E-state index contributed by atoms with van der Waals surface area (Å²) < 4.78 is 33.0. The van der Waals surface area contributed by atoms with Gasteiger partial charge >= 0.3 is 13.8 Å². The van der Waals surface area contributed by atoms with E-state index in [4.69, 9.17) is 24.3 Å². The fourth-order valence-corrected chi connectivity index (χ4v) is 5.59. The number of phosphoric acid groups is 1. The van der Waals surface area contributed by atoms with E-state index in [9.17, 15) is 14.3 Å². The molecule has 288 valence electrons. The van der Waals surface area contributed by atoms with Gasteiger partial charge in [-0.2, -0.15) is 0 Å². The quantitative estimate of drug-likeness (QED) is 0.0216. The Hall–Kier alpha value is -2.22. The van der Waals surface area contributed by atoms with E-state index in [1.165, 1.54) is 70.6 Å². The average molecular weight is 722 g/mol. The molecule has 0 saturated heterocycles. The van der Waals surface area contributed by atoms with Gasteiger partial charge in [0.05, 0.1) is 19.5 Å². The number of rotatable bonds is 36. The molecular weight excluding hydrogens is 649 g/mol. The number of carbonyl (C=O) groups excluding carboxylic acids is 1. The van der Waals surface area contributed by atoms with E-state index in [0.29, 0.717) is 6.42 Å². The molecule has 9 heteroatoms. The minimum atomic E-state index is -4.30.